The van der Waals surface area contributed by atoms with Gasteiger partial charge in [0.1, 0.15) is 6.54 Å². The highest BCUT2D eigenvalue weighted by atomic mass is 32.2. The smallest absolute Gasteiger partial charge is 0.325 e. The van der Waals surface area contributed by atoms with Crippen LogP contribution >= 0.6 is 0 Å². The van der Waals surface area contributed by atoms with Gasteiger partial charge in [-0.2, -0.15) is 0 Å². The number of ether oxygens (including phenoxy) is 2. The Morgan fingerprint density at radius 2 is 2.04 bits per heavy atom. The lowest BCUT2D eigenvalue weighted by Gasteiger charge is -2.09. The van der Waals surface area contributed by atoms with Crippen LogP contribution in [0.2, 0.25) is 0 Å². The van der Waals surface area contributed by atoms with Gasteiger partial charge in [-0.1, -0.05) is 6.07 Å². The van der Waals surface area contributed by atoms with E-state index in [0.29, 0.717) is 12.5 Å². The van der Waals surface area contributed by atoms with Crippen molar-refractivity contribution in [1.29, 1.82) is 0 Å². The zero-order valence-electron chi connectivity index (χ0n) is 14.0. The molecule has 25 heavy (non-hydrogen) atoms. The number of hydrogen-bond donors (Lipinski definition) is 2. The topological polar surface area (TPSA) is 111 Å². The lowest BCUT2D eigenvalue weighted by Crippen LogP contribution is -2.31. The van der Waals surface area contributed by atoms with Crippen molar-refractivity contribution in [2.45, 2.75) is 17.7 Å². The molecule has 0 atom stereocenters. The predicted octanol–water partition coefficient (Wildman–Crippen LogP) is 0.294. The number of rotatable bonds is 10. The van der Waals surface area contributed by atoms with E-state index in [9.17, 15) is 18.0 Å². The monoisotopic (exact) mass is 370 g/mol. The first kappa shape index (κ1) is 19.4. The Balaban J connectivity index is 1.90. The SMILES string of the molecule is COCCNS(=O)(=O)c1cccc(C(=O)NCC(=O)OCC2CC2)c1. The number of carbonyl (C=O) groups excluding carboxylic acids is 2. The molecule has 1 aliphatic rings. The molecule has 0 heterocycles. The summed E-state index contributed by atoms with van der Waals surface area (Å²) in [6.45, 7) is 0.495. The van der Waals surface area contributed by atoms with Gasteiger partial charge in [-0.3, -0.25) is 9.59 Å². The van der Waals surface area contributed by atoms with Gasteiger partial charge >= 0.3 is 5.97 Å². The Labute approximate surface area is 146 Å². The number of carbonyl (C=O) groups is 2. The van der Waals surface area contributed by atoms with Crippen LogP contribution in [0.15, 0.2) is 29.2 Å². The summed E-state index contributed by atoms with van der Waals surface area (Å²) in [5.41, 5.74) is 0.143. The van der Waals surface area contributed by atoms with Crippen molar-refractivity contribution in [2.24, 2.45) is 5.92 Å². The third kappa shape index (κ3) is 6.45. The summed E-state index contributed by atoms with van der Waals surface area (Å²) in [7, 11) is -2.27. The molecule has 2 N–H and O–H groups in total. The Kier molecular flexibility index (Phi) is 6.91. The average molecular weight is 370 g/mol. The second kappa shape index (κ2) is 8.93. The second-order valence-corrected chi connectivity index (χ2v) is 7.49. The first-order chi connectivity index (χ1) is 11.9. The van der Waals surface area contributed by atoms with Gasteiger partial charge in [-0.15, -0.1) is 0 Å². The molecule has 1 aliphatic carbocycles. The number of benzene rings is 1. The number of esters is 1. The molecule has 138 valence electrons. The van der Waals surface area contributed by atoms with Crippen LogP contribution in [0.25, 0.3) is 0 Å². The average Bonchev–Trinajstić information content (AvgIpc) is 3.42. The van der Waals surface area contributed by atoms with Gasteiger partial charge in [-0.25, -0.2) is 13.1 Å². The molecule has 8 nitrogen and oxygen atoms in total. The van der Waals surface area contributed by atoms with E-state index in [1.54, 1.807) is 0 Å². The van der Waals surface area contributed by atoms with E-state index in [-0.39, 0.29) is 30.2 Å². The molecule has 0 aromatic heterocycles. The Morgan fingerprint density at radius 3 is 2.72 bits per heavy atom. The minimum absolute atomic E-state index is 0.0347. The van der Waals surface area contributed by atoms with E-state index in [2.05, 4.69) is 10.0 Å². The molecule has 0 radical (unpaired) electrons. The van der Waals surface area contributed by atoms with Crippen molar-refractivity contribution in [3.05, 3.63) is 29.8 Å². The molecule has 1 aromatic rings. The van der Waals surface area contributed by atoms with Crippen molar-refractivity contribution in [1.82, 2.24) is 10.0 Å². The molecule has 1 aromatic carbocycles. The van der Waals surface area contributed by atoms with Gasteiger partial charge in [0.25, 0.3) is 5.91 Å². The lowest BCUT2D eigenvalue weighted by atomic mass is 10.2. The molecular weight excluding hydrogens is 348 g/mol. The minimum Gasteiger partial charge on any atom is -0.464 e. The van der Waals surface area contributed by atoms with Crippen LogP contribution in [-0.2, 0) is 24.3 Å². The molecule has 1 fully saturated rings. The van der Waals surface area contributed by atoms with Crippen molar-refractivity contribution in [2.75, 3.05) is 33.4 Å². The molecule has 0 aliphatic heterocycles. The third-order valence-corrected chi connectivity index (χ3v) is 5.03. The lowest BCUT2D eigenvalue weighted by molar-refractivity contribution is -0.142. The number of methoxy groups -OCH3 is 1. The van der Waals surface area contributed by atoms with Crippen LogP contribution in [0, 0.1) is 5.92 Å². The fourth-order valence-corrected chi connectivity index (χ4v) is 3.03. The molecule has 0 unspecified atom stereocenters. The summed E-state index contributed by atoms with van der Waals surface area (Å²) in [6.07, 6.45) is 2.14. The molecule has 1 amide bonds. The first-order valence-electron chi connectivity index (χ1n) is 7.95. The van der Waals surface area contributed by atoms with Crippen LogP contribution in [0.5, 0.6) is 0 Å². The molecule has 2 rings (SSSR count). The molecule has 0 bridgehead atoms. The van der Waals surface area contributed by atoms with E-state index in [1.807, 2.05) is 0 Å². The number of amides is 1. The Morgan fingerprint density at radius 1 is 1.28 bits per heavy atom. The van der Waals surface area contributed by atoms with Crippen molar-refractivity contribution in [3.63, 3.8) is 0 Å². The summed E-state index contributed by atoms with van der Waals surface area (Å²) in [5, 5.41) is 2.43. The largest absolute Gasteiger partial charge is 0.464 e. The Bertz CT molecular complexity index is 715. The van der Waals surface area contributed by atoms with Crippen LogP contribution in [-0.4, -0.2) is 53.7 Å². The summed E-state index contributed by atoms with van der Waals surface area (Å²) in [4.78, 5) is 23.6. The molecule has 0 spiro atoms. The van der Waals surface area contributed by atoms with E-state index < -0.39 is 21.9 Å². The number of hydrogen-bond acceptors (Lipinski definition) is 6. The Hall–Kier alpha value is -1.97. The van der Waals surface area contributed by atoms with Crippen molar-refractivity contribution in [3.8, 4) is 0 Å². The van der Waals surface area contributed by atoms with E-state index in [1.165, 1.54) is 31.4 Å². The summed E-state index contributed by atoms with van der Waals surface area (Å²) < 4.78 is 36.4. The highest BCUT2D eigenvalue weighted by Gasteiger charge is 2.23. The minimum atomic E-state index is -3.73. The third-order valence-electron chi connectivity index (χ3n) is 3.58. The second-order valence-electron chi connectivity index (χ2n) is 5.73. The highest BCUT2D eigenvalue weighted by molar-refractivity contribution is 7.89. The maximum absolute atomic E-state index is 12.1. The maximum Gasteiger partial charge on any atom is 0.325 e. The van der Waals surface area contributed by atoms with Crippen molar-refractivity contribution < 1.29 is 27.5 Å². The molecular formula is C16H22N2O6S. The van der Waals surface area contributed by atoms with E-state index in [0.717, 1.165) is 12.8 Å². The van der Waals surface area contributed by atoms with Crippen LogP contribution in [0.4, 0.5) is 0 Å². The zero-order chi connectivity index (χ0) is 18.3. The van der Waals surface area contributed by atoms with Gasteiger partial charge in [0.2, 0.25) is 10.0 Å². The van der Waals surface area contributed by atoms with Gasteiger partial charge in [0.15, 0.2) is 0 Å². The summed E-state index contributed by atoms with van der Waals surface area (Å²) in [5.74, 6) is -0.602. The first-order valence-corrected chi connectivity index (χ1v) is 9.43. The van der Waals surface area contributed by atoms with Gasteiger partial charge in [-0.05, 0) is 37.0 Å². The van der Waals surface area contributed by atoms with Crippen molar-refractivity contribution >= 4 is 21.9 Å². The molecule has 9 heteroatoms. The maximum atomic E-state index is 12.1. The van der Waals surface area contributed by atoms with Crippen LogP contribution in [0.1, 0.15) is 23.2 Å². The summed E-state index contributed by atoms with van der Waals surface area (Å²) >= 11 is 0. The predicted molar refractivity (Wildman–Crippen MR) is 89.5 cm³/mol. The fraction of sp³-hybridized carbons (Fsp3) is 0.500. The normalized spacial score (nSPS) is 14.1. The standard InChI is InChI=1S/C16H22N2O6S/c1-23-8-7-18-25(21,22)14-4-2-3-13(9-14)16(20)17-10-15(19)24-11-12-5-6-12/h2-4,9,12,18H,5-8,10-11H2,1H3,(H,17,20). The van der Waals surface area contributed by atoms with Gasteiger partial charge in [0, 0.05) is 19.2 Å². The summed E-state index contributed by atoms with van der Waals surface area (Å²) in [6, 6.07) is 5.57. The van der Waals surface area contributed by atoms with E-state index in [4.69, 9.17) is 9.47 Å². The molecule has 1 saturated carbocycles. The van der Waals surface area contributed by atoms with Crippen LogP contribution in [0.3, 0.4) is 0 Å². The fourth-order valence-electron chi connectivity index (χ4n) is 1.97. The van der Waals surface area contributed by atoms with Gasteiger partial charge in [0.05, 0.1) is 18.1 Å². The highest BCUT2D eigenvalue weighted by Crippen LogP contribution is 2.28. The quantitative estimate of drug-likeness (QED) is 0.453. The number of sulfonamides is 1. The zero-order valence-corrected chi connectivity index (χ0v) is 14.8. The molecule has 0 saturated heterocycles. The van der Waals surface area contributed by atoms with E-state index >= 15 is 0 Å². The van der Waals surface area contributed by atoms with Crippen LogP contribution < -0.4 is 10.0 Å². The number of nitrogens with one attached hydrogen (secondary N) is 2. The van der Waals surface area contributed by atoms with Gasteiger partial charge < -0.3 is 14.8 Å².